The Bertz CT molecular complexity index is 711. The number of thiophene rings is 1. The summed E-state index contributed by atoms with van der Waals surface area (Å²) in [5, 5.41) is 1.31. The van der Waals surface area contributed by atoms with Crippen molar-refractivity contribution in [3.05, 3.63) is 52.5 Å². The van der Waals surface area contributed by atoms with Gasteiger partial charge in [-0.25, -0.2) is 4.98 Å². The summed E-state index contributed by atoms with van der Waals surface area (Å²) in [7, 11) is 0. The highest BCUT2D eigenvalue weighted by molar-refractivity contribution is 7.18. The highest BCUT2D eigenvalue weighted by Gasteiger charge is 2.12. The molecule has 3 rings (SSSR count). The van der Waals surface area contributed by atoms with Crippen molar-refractivity contribution in [3.63, 3.8) is 0 Å². The maximum atomic E-state index is 4.66. The topological polar surface area (TPSA) is 12.9 Å². The fourth-order valence-electron chi connectivity index (χ4n) is 2.32. The zero-order chi connectivity index (χ0) is 12.7. The highest BCUT2D eigenvalue weighted by Crippen LogP contribution is 2.36. The lowest BCUT2D eigenvalue weighted by atomic mass is 10.0. The standard InChI is InChI=1S/C16H15NS/c1-10-9-14(13-7-5-4-6-8-13)15-11(2)12(3)18-16(15)17-10/h4-9H,1-3H3. The summed E-state index contributed by atoms with van der Waals surface area (Å²) in [5.41, 5.74) is 5.03. The van der Waals surface area contributed by atoms with Gasteiger partial charge in [-0.1, -0.05) is 30.3 Å². The molecule has 0 unspecified atom stereocenters. The largest absolute Gasteiger partial charge is 0.242 e. The van der Waals surface area contributed by atoms with Gasteiger partial charge in [-0.2, -0.15) is 0 Å². The highest BCUT2D eigenvalue weighted by atomic mass is 32.1. The Kier molecular flexibility index (Phi) is 2.67. The zero-order valence-electron chi connectivity index (χ0n) is 10.8. The summed E-state index contributed by atoms with van der Waals surface area (Å²) in [6.45, 7) is 6.43. The number of hydrogen-bond donors (Lipinski definition) is 0. The second kappa shape index (κ2) is 4.21. The van der Waals surface area contributed by atoms with Gasteiger partial charge < -0.3 is 0 Å². The lowest BCUT2D eigenvalue weighted by Crippen LogP contribution is -1.86. The number of aryl methyl sites for hydroxylation is 3. The normalized spacial score (nSPS) is 11.1. The van der Waals surface area contributed by atoms with E-state index in [1.807, 2.05) is 0 Å². The molecule has 2 aromatic heterocycles. The van der Waals surface area contributed by atoms with E-state index in [2.05, 4.69) is 62.2 Å². The summed E-state index contributed by atoms with van der Waals surface area (Å²) in [6.07, 6.45) is 0. The summed E-state index contributed by atoms with van der Waals surface area (Å²) >= 11 is 1.79. The average Bonchev–Trinajstić information content (AvgIpc) is 2.65. The predicted octanol–water partition coefficient (Wildman–Crippen LogP) is 4.89. The van der Waals surface area contributed by atoms with E-state index >= 15 is 0 Å². The molecule has 0 fully saturated rings. The molecule has 0 radical (unpaired) electrons. The molecular weight excluding hydrogens is 238 g/mol. The van der Waals surface area contributed by atoms with Crippen LogP contribution in [0, 0.1) is 20.8 Å². The Morgan fingerprint density at radius 3 is 2.44 bits per heavy atom. The molecule has 0 spiro atoms. The first-order valence-electron chi connectivity index (χ1n) is 6.09. The van der Waals surface area contributed by atoms with Gasteiger partial charge in [0.1, 0.15) is 4.83 Å². The van der Waals surface area contributed by atoms with Crippen LogP contribution < -0.4 is 0 Å². The number of aromatic nitrogens is 1. The molecule has 0 aliphatic carbocycles. The molecule has 1 aromatic carbocycles. The van der Waals surface area contributed by atoms with E-state index in [1.165, 1.54) is 27.0 Å². The molecule has 0 aliphatic heterocycles. The molecule has 1 nitrogen and oxygen atoms in total. The van der Waals surface area contributed by atoms with Gasteiger partial charge in [-0.15, -0.1) is 11.3 Å². The second-order valence-electron chi connectivity index (χ2n) is 4.64. The van der Waals surface area contributed by atoms with Crippen molar-refractivity contribution in [1.29, 1.82) is 0 Å². The lowest BCUT2D eigenvalue weighted by Gasteiger charge is -2.06. The van der Waals surface area contributed by atoms with Crippen LogP contribution in [0.5, 0.6) is 0 Å². The van der Waals surface area contributed by atoms with Crippen LogP contribution in [0.2, 0.25) is 0 Å². The van der Waals surface area contributed by atoms with E-state index in [9.17, 15) is 0 Å². The Balaban J connectivity index is 2.41. The minimum absolute atomic E-state index is 1.09. The quantitative estimate of drug-likeness (QED) is 0.601. The van der Waals surface area contributed by atoms with Gasteiger partial charge in [-0.05, 0) is 43.5 Å². The number of pyridine rings is 1. The Labute approximate surface area is 111 Å². The third-order valence-electron chi connectivity index (χ3n) is 3.35. The van der Waals surface area contributed by atoms with Crippen LogP contribution in [0.3, 0.4) is 0 Å². The molecule has 0 amide bonds. The first-order chi connectivity index (χ1) is 8.66. The van der Waals surface area contributed by atoms with Crippen molar-refractivity contribution in [3.8, 4) is 11.1 Å². The Morgan fingerprint density at radius 2 is 1.72 bits per heavy atom. The van der Waals surface area contributed by atoms with Crippen molar-refractivity contribution in [2.45, 2.75) is 20.8 Å². The van der Waals surface area contributed by atoms with Crippen molar-refractivity contribution >= 4 is 21.6 Å². The van der Waals surface area contributed by atoms with Crippen molar-refractivity contribution in [2.75, 3.05) is 0 Å². The van der Waals surface area contributed by atoms with E-state index < -0.39 is 0 Å². The first-order valence-corrected chi connectivity index (χ1v) is 6.91. The van der Waals surface area contributed by atoms with Gasteiger partial charge >= 0.3 is 0 Å². The predicted molar refractivity (Wildman–Crippen MR) is 79.3 cm³/mol. The van der Waals surface area contributed by atoms with Gasteiger partial charge in [0.25, 0.3) is 0 Å². The van der Waals surface area contributed by atoms with Crippen LogP contribution in [0.15, 0.2) is 36.4 Å². The van der Waals surface area contributed by atoms with Crippen molar-refractivity contribution in [1.82, 2.24) is 4.98 Å². The van der Waals surface area contributed by atoms with Crippen LogP contribution in [-0.2, 0) is 0 Å². The number of benzene rings is 1. The van der Waals surface area contributed by atoms with Gasteiger partial charge in [0.15, 0.2) is 0 Å². The Morgan fingerprint density at radius 1 is 1.00 bits per heavy atom. The minimum atomic E-state index is 1.09. The van der Waals surface area contributed by atoms with E-state index in [1.54, 1.807) is 11.3 Å². The average molecular weight is 253 g/mol. The molecule has 18 heavy (non-hydrogen) atoms. The molecule has 0 saturated heterocycles. The summed E-state index contributed by atoms with van der Waals surface area (Å²) in [5.74, 6) is 0. The Hall–Kier alpha value is -1.67. The smallest absolute Gasteiger partial charge is 0.124 e. The van der Waals surface area contributed by atoms with Crippen LogP contribution in [0.4, 0.5) is 0 Å². The molecule has 3 aromatic rings. The van der Waals surface area contributed by atoms with Crippen LogP contribution in [0.25, 0.3) is 21.3 Å². The van der Waals surface area contributed by atoms with Gasteiger partial charge in [0, 0.05) is 16.0 Å². The van der Waals surface area contributed by atoms with Gasteiger partial charge in [0.05, 0.1) is 0 Å². The number of hydrogen-bond acceptors (Lipinski definition) is 2. The second-order valence-corrected chi connectivity index (χ2v) is 5.84. The fraction of sp³-hybridized carbons (Fsp3) is 0.188. The van der Waals surface area contributed by atoms with Gasteiger partial charge in [-0.3, -0.25) is 0 Å². The van der Waals surface area contributed by atoms with Crippen LogP contribution in [0.1, 0.15) is 16.1 Å². The van der Waals surface area contributed by atoms with E-state index in [4.69, 9.17) is 0 Å². The number of rotatable bonds is 1. The molecule has 0 aliphatic rings. The summed E-state index contributed by atoms with van der Waals surface area (Å²) in [6, 6.07) is 12.8. The van der Waals surface area contributed by atoms with Crippen molar-refractivity contribution in [2.24, 2.45) is 0 Å². The molecule has 0 N–H and O–H groups in total. The van der Waals surface area contributed by atoms with E-state index in [0.717, 1.165) is 10.5 Å². The molecule has 90 valence electrons. The molecular formula is C16H15NS. The first kappa shape index (κ1) is 11.4. The maximum absolute atomic E-state index is 4.66. The van der Waals surface area contributed by atoms with Gasteiger partial charge in [0.2, 0.25) is 0 Å². The van der Waals surface area contributed by atoms with E-state index in [-0.39, 0.29) is 0 Å². The zero-order valence-corrected chi connectivity index (χ0v) is 11.6. The number of nitrogens with zero attached hydrogens (tertiary/aromatic N) is 1. The molecule has 2 heterocycles. The third-order valence-corrected chi connectivity index (χ3v) is 4.45. The summed E-state index contributed by atoms with van der Waals surface area (Å²) in [4.78, 5) is 7.18. The molecule has 0 bridgehead atoms. The van der Waals surface area contributed by atoms with Crippen LogP contribution in [-0.4, -0.2) is 4.98 Å². The summed E-state index contributed by atoms with van der Waals surface area (Å²) < 4.78 is 0. The SMILES string of the molecule is Cc1cc(-c2ccccc2)c2c(C)c(C)sc2n1. The molecule has 0 saturated carbocycles. The van der Waals surface area contributed by atoms with Crippen molar-refractivity contribution < 1.29 is 0 Å². The number of fused-ring (bicyclic) bond motifs is 1. The lowest BCUT2D eigenvalue weighted by molar-refractivity contribution is 1.27. The van der Waals surface area contributed by atoms with E-state index in [0.29, 0.717) is 0 Å². The molecule has 0 atom stereocenters. The fourth-order valence-corrected chi connectivity index (χ4v) is 3.42. The minimum Gasteiger partial charge on any atom is -0.242 e. The maximum Gasteiger partial charge on any atom is 0.124 e. The monoisotopic (exact) mass is 253 g/mol. The molecule has 2 heteroatoms. The third kappa shape index (κ3) is 1.73. The van der Waals surface area contributed by atoms with Crippen LogP contribution >= 0.6 is 11.3 Å².